The van der Waals surface area contributed by atoms with E-state index in [0.717, 1.165) is 30.3 Å². The highest BCUT2D eigenvalue weighted by molar-refractivity contribution is 7.99. The van der Waals surface area contributed by atoms with Crippen LogP contribution in [0.2, 0.25) is 0 Å². The van der Waals surface area contributed by atoms with E-state index >= 15 is 0 Å². The standard InChI is InChI=1S/C11H16O2S/c1-2-14-8-4-7-13-11-6-3-5-10(12)9-11/h3,5-6,9,12H,2,4,7-8H2,1H3. The number of aromatic hydroxyl groups is 1. The Kier molecular flexibility index (Phi) is 5.30. The van der Waals surface area contributed by atoms with E-state index in [1.54, 1.807) is 18.2 Å². The zero-order chi connectivity index (χ0) is 10.2. The summed E-state index contributed by atoms with van der Waals surface area (Å²) in [5, 5.41) is 9.17. The molecule has 0 heterocycles. The number of hydrogen-bond acceptors (Lipinski definition) is 3. The molecule has 0 aromatic heterocycles. The molecule has 1 N–H and O–H groups in total. The van der Waals surface area contributed by atoms with Crippen molar-refractivity contribution in [2.75, 3.05) is 18.1 Å². The summed E-state index contributed by atoms with van der Waals surface area (Å²) in [5.74, 6) is 3.29. The maximum atomic E-state index is 9.17. The van der Waals surface area contributed by atoms with Gasteiger partial charge in [-0.05, 0) is 30.1 Å². The molecule has 0 bridgehead atoms. The first-order valence-electron chi connectivity index (χ1n) is 4.82. The molecule has 14 heavy (non-hydrogen) atoms. The minimum atomic E-state index is 0.255. The fraction of sp³-hybridized carbons (Fsp3) is 0.455. The molecular formula is C11H16O2S. The van der Waals surface area contributed by atoms with Gasteiger partial charge in [0.2, 0.25) is 0 Å². The van der Waals surface area contributed by atoms with Crippen molar-refractivity contribution in [2.24, 2.45) is 0 Å². The van der Waals surface area contributed by atoms with Gasteiger partial charge in [0.25, 0.3) is 0 Å². The Morgan fingerprint density at radius 2 is 2.29 bits per heavy atom. The molecule has 2 nitrogen and oxygen atoms in total. The normalized spacial score (nSPS) is 10.1. The zero-order valence-corrected chi connectivity index (χ0v) is 9.22. The Morgan fingerprint density at radius 3 is 3.00 bits per heavy atom. The van der Waals surface area contributed by atoms with Gasteiger partial charge >= 0.3 is 0 Å². The molecule has 1 aromatic rings. The molecule has 0 unspecified atom stereocenters. The lowest BCUT2D eigenvalue weighted by Crippen LogP contribution is -1.98. The fourth-order valence-electron chi connectivity index (χ4n) is 1.07. The lowest BCUT2D eigenvalue weighted by molar-refractivity contribution is 0.317. The van der Waals surface area contributed by atoms with Crippen LogP contribution >= 0.6 is 11.8 Å². The Bertz CT molecular complexity index is 263. The maximum Gasteiger partial charge on any atom is 0.122 e. The number of ether oxygens (including phenoxy) is 1. The monoisotopic (exact) mass is 212 g/mol. The molecule has 0 aliphatic carbocycles. The number of phenols is 1. The summed E-state index contributed by atoms with van der Waals surface area (Å²) in [6.45, 7) is 2.87. The molecule has 78 valence electrons. The van der Waals surface area contributed by atoms with E-state index in [9.17, 15) is 0 Å². The summed E-state index contributed by atoms with van der Waals surface area (Å²) in [7, 11) is 0. The van der Waals surface area contributed by atoms with Crippen LogP contribution in [0.3, 0.4) is 0 Å². The van der Waals surface area contributed by atoms with Gasteiger partial charge in [-0.15, -0.1) is 0 Å². The van der Waals surface area contributed by atoms with Crippen molar-refractivity contribution < 1.29 is 9.84 Å². The lowest BCUT2D eigenvalue weighted by atomic mass is 10.3. The summed E-state index contributed by atoms with van der Waals surface area (Å²) >= 11 is 1.92. The predicted molar refractivity (Wildman–Crippen MR) is 61.2 cm³/mol. The first kappa shape index (κ1) is 11.2. The number of phenolic OH excluding ortho intramolecular Hbond substituents is 1. The van der Waals surface area contributed by atoms with Crippen LogP contribution in [0.25, 0.3) is 0 Å². The third-order valence-corrected chi connectivity index (χ3v) is 2.71. The van der Waals surface area contributed by atoms with Crippen LogP contribution in [-0.4, -0.2) is 23.2 Å². The van der Waals surface area contributed by atoms with Crippen LogP contribution in [0, 0.1) is 0 Å². The molecule has 1 rings (SSSR count). The van der Waals surface area contributed by atoms with Crippen LogP contribution in [0.1, 0.15) is 13.3 Å². The Balaban J connectivity index is 2.18. The highest BCUT2D eigenvalue weighted by atomic mass is 32.2. The molecule has 0 saturated carbocycles. The number of rotatable bonds is 6. The quantitative estimate of drug-likeness (QED) is 0.735. The molecule has 0 spiro atoms. The van der Waals surface area contributed by atoms with E-state index in [1.807, 2.05) is 17.8 Å². The summed E-state index contributed by atoms with van der Waals surface area (Å²) in [6.07, 6.45) is 1.05. The van der Waals surface area contributed by atoms with E-state index in [1.165, 1.54) is 0 Å². The number of hydrogen-bond donors (Lipinski definition) is 1. The topological polar surface area (TPSA) is 29.5 Å². The smallest absolute Gasteiger partial charge is 0.122 e. The molecule has 0 atom stereocenters. The molecular weight excluding hydrogens is 196 g/mol. The molecule has 0 radical (unpaired) electrons. The van der Waals surface area contributed by atoms with Gasteiger partial charge in [0.1, 0.15) is 11.5 Å². The second-order valence-electron chi connectivity index (χ2n) is 2.90. The predicted octanol–water partition coefficient (Wildman–Crippen LogP) is 2.91. The largest absolute Gasteiger partial charge is 0.508 e. The fourth-order valence-corrected chi connectivity index (χ4v) is 1.68. The Morgan fingerprint density at radius 1 is 1.43 bits per heavy atom. The highest BCUT2D eigenvalue weighted by Gasteiger charge is 1.94. The first-order valence-corrected chi connectivity index (χ1v) is 5.98. The minimum Gasteiger partial charge on any atom is -0.508 e. The van der Waals surface area contributed by atoms with Crippen molar-refractivity contribution in [3.8, 4) is 11.5 Å². The summed E-state index contributed by atoms with van der Waals surface area (Å²) in [5.41, 5.74) is 0. The first-order chi connectivity index (χ1) is 6.83. The van der Waals surface area contributed by atoms with Crippen LogP contribution in [0.15, 0.2) is 24.3 Å². The van der Waals surface area contributed by atoms with Crippen molar-refractivity contribution in [3.05, 3.63) is 24.3 Å². The van der Waals surface area contributed by atoms with E-state index in [2.05, 4.69) is 6.92 Å². The van der Waals surface area contributed by atoms with Crippen LogP contribution in [-0.2, 0) is 0 Å². The van der Waals surface area contributed by atoms with E-state index in [4.69, 9.17) is 9.84 Å². The molecule has 1 aromatic carbocycles. The van der Waals surface area contributed by atoms with Gasteiger partial charge in [0.15, 0.2) is 0 Å². The third-order valence-electron chi connectivity index (χ3n) is 1.72. The molecule has 0 aliphatic rings. The molecule has 3 heteroatoms. The van der Waals surface area contributed by atoms with E-state index in [0.29, 0.717) is 0 Å². The highest BCUT2D eigenvalue weighted by Crippen LogP contribution is 2.17. The molecule has 0 aliphatic heterocycles. The van der Waals surface area contributed by atoms with Gasteiger partial charge in [-0.1, -0.05) is 13.0 Å². The van der Waals surface area contributed by atoms with Gasteiger partial charge in [0, 0.05) is 6.07 Å². The van der Waals surface area contributed by atoms with Crippen LogP contribution in [0.4, 0.5) is 0 Å². The Hall–Kier alpha value is -0.830. The number of thioether (sulfide) groups is 1. The van der Waals surface area contributed by atoms with Crippen LogP contribution in [0.5, 0.6) is 11.5 Å². The van der Waals surface area contributed by atoms with Gasteiger partial charge in [-0.25, -0.2) is 0 Å². The van der Waals surface area contributed by atoms with E-state index in [-0.39, 0.29) is 5.75 Å². The van der Waals surface area contributed by atoms with Crippen molar-refractivity contribution in [1.29, 1.82) is 0 Å². The average molecular weight is 212 g/mol. The van der Waals surface area contributed by atoms with Crippen molar-refractivity contribution in [1.82, 2.24) is 0 Å². The average Bonchev–Trinajstić information content (AvgIpc) is 2.18. The van der Waals surface area contributed by atoms with Gasteiger partial charge in [-0.2, -0.15) is 11.8 Å². The van der Waals surface area contributed by atoms with Crippen molar-refractivity contribution in [2.45, 2.75) is 13.3 Å². The second-order valence-corrected chi connectivity index (χ2v) is 4.29. The van der Waals surface area contributed by atoms with Gasteiger partial charge in [0.05, 0.1) is 6.61 Å². The Labute approximate surface area is 89.3 Å². The van der Waals surface area contributed by atoms with Gasteiger partial charge in [-0.3, -0.25) is 0 Å². The summed E-state index contributed by atoms with van der Waals surface area (Å²) in [4.78, 5) is 0. The third kappa shape index (κ3) is 4.42. The summed E-state index contributed by atoms with van der Waals surface area (Å²) < 4.78 is 5.46. The van der Waals surface area contributed by atoms with E-state index < -0.39 is 0 Å². The number of benzene rings is 1. The van der Waals surface area contributed by atoms with Crippen LogP contribution < -0.4 is 4.74 Å². The van der Waals surface area contributed by atoms with Gasteiger partial charge < -0.3 is 9.84 Å². The SMILES string of the molecule is CCSCCCOc1cccc(O)c1. The molecule has 0 saturated heterocycles. The van der Waals surface area contributed by atoms with Crippen molar-refractivity contribution >= 4 is 11.8 Å². The minimum absolute atomic E-state index is 0.255. The maximum absolute atomic E-state index is 9.17. The zero-order valence-electron chi connectivity index (χ0n) is 8.40. The second kappa shape index (κ2) is 6.60. The molecule has 0 amide bonds. The summed E-state index contributed by atoms with van der Waals surface area (Å²) in [6, 6.07) is 6.91. The molecule has 0 fully saturated rings. The van der Waals surface area contributed by atoms with Crippen molar-refractivity contribution in [3.63, 3.8) is 0 Å². The lowest BCUT2D eigenvalue weighted by Gasteiger charge is -2.05.